The fraction of sp³-hybridized carbons (Fsp3) is 0.167. The highest BCUT2D eigenvalue weighted by Crippen LogP contribution is 2.20. The smallest absolute Gasteiger partial charge is 0.238 e. The molecule has 0 N–H and O–H groups in total. The van der Waals surface area contributed by atoms with Gasteiger partial charge in [0.05, 0.1) is 15.7 Å². The van der Waals surface area contributed by atoms with Crippen LogP contribution in [0.3, 0.4) is 0 Å². The molecule has 72 valence electrons. The van der Waals surface area contributed by atoms with Gasteiger partial charge in [-0.15, -0.1) is 0 Å². The molecular weight excluding hydrogens is 256 g/mol. The number of pyridine rings is 1. The highest BCUT2D eigenvalue weighted by Gasteiger charge is 2.11. The molecule has 0 unspecified atom stereocenters. The Labute approximate surface area is 90.1 Å². The van der Waals surface area contributed by atoms with E-state index in [1.165, 1.54) is 12.3 Å². The minimum Gasteiger partial charge on any atom is -0.257 e. The van der Waals surface area contributed by atoms with Crippen LogP contribution in [0.25, 0.3) is 0 Å². The van der Waals surface area contributed by atoms with Crippen molar-refractivity contribution in [1.29, 1.82) is 0 Å². The summed E-state index contributed by atoms with van der Waals surface area (Å²) in [5.41, 5.74) is 0.195. The maximum atomic E-state index is 10.7. The van der Waals surface area contributed by atoms with Crippen molar-refractivity contribution >= 4 is 42.9 Å². The first-order valence-corrected chi connectivity index (χ1v) is 6.34. The molecule has 0 aromatic carbocycles. The predicted molar refractivity (Wildman–Crippen MR) is 52.7 cm³/mol. The second kappa shape index (κ2) is 4.00. The summed E-state index contributed by atoms with van der Waals surface area (Å²) in [5.74, 6) is -0.398. The summed E-state index contributed by atoms with van der Waals surface area (Å²) in [7, 11) is 1.39. The van der Waals surface area contributed by atoms with Gasteiger partial charge in [0, 0.05) is 16.9 Å². The van der Waals surface area contributed by atoms with Gasteiger partial charge in [-0.3, -0.25) is 4.98 Å². The number of hydrogen-bond acceptors (Lipinski definition) is 3. The Morgan fingerprint density at radius 3 is 2.46 bits per heavy atom. The Hall–Kier alpha value is -0.0300. The zero-order valence-corrected chi connectivity index (χ0v) is 9.25. The van der Waals surface area contributed by atoms with E-state index in [0.29, 0.717) is 5.02 Å². The third-order valence-electron chi connectivity index (χ3n) is 1.19. The number of halogens is 3. The molecule has 0 radical (unpaired) electrons. The lowest BCUT2D eigenvalue weighted by Gasteiger charge is -2.00. The van der Waals surface area contributed by atoms with Crippen molar-refractivity contribution in [2.45, 2.75) is 5.75 Å². The Kier molecular flexibility index (Phi) is 3.40. The summed E-state index contributed by atoms with van der Waals surface area (Å²) in [6, 6.07) is 1.41. The van der Waals surface area contributed by atoms with Crippen LogP contribution in [0.2, 0.25) is 10.0 Å². The molecule has 0 saturated carbocycles. The van der Waals surface area contributed by atoms with Crippen LogP contribution in [-0.4, -0.2) is 13.4 Å². The maximum Gasteiger partial charge on any atom is 0.238 e. The summed E-state index contributed by atoms with van der Waals surface area (Å²) in [6.45, 7) is 0. The molecule has 0 aliphatic carbocycles. The van der Waals surface area contributed by atoms with Crippen LogP contribution in [0.5, 0.6) is 0 Å². The zero-order valence-electron chi connectivity index (χ0n) is 6.17. The Balaban J connectivity index is 3.04. The molecule has 0 atom stereocenters. The van der Waals surface area contributed by atoms with E-state index in [4.69, 9.17) is 33.9 Å². The SMILES string of the molecule is O=S(=O)(Cl)Cc1ncc(Cl)cc1Cl. The lowest BCUT2D eigenvalue weighted by atomic mass is 10.4. The van der Waals surface area contributed by atoms with E-state index in [-0.39, 0.29) is 10.7 Å². The molecule has 1 aromatic rings. The molecule has 0 fully saturated rings. The van der Waals surface area contributed by atoms with Crippen molar-refractivity contribution < 1.29 is 8.42 Å². The Morgan fingerprint density at radius 2 is 2.00 bits per heavy atom. The van der Waals surface area contributed by atoms with Crippen LogP contribution in [0, 0.1) is 0 Å². The molecule has 0 spiro atoms. The lowest BCUT2D eigenvalue weighted by Crippen LogP contribution is -1.98. The van der Waals surface area contributed by atoms with Crippen LogP contribution >= 0.6 is 33.9 Å². The summed E-state index contributed by atoms with van der Waals surface area (Å²) in [5, 5.41) is 0.539. The van der Waals surface area contributed by atoms with E-state index in [9.17, 15) is 8.42 Å². The molecule has 13 heavy (non-hydrogen) atoms. The summed E-state index contributed by atoms with van der Waals surface area (Å²) < 4.78 is 21.3. The zero-order chi connectivity index (χ0) is 10.1. The molecule has 0 aliphatic rings. The number of nitrogens with zero attached hydrogens (tertiary/aromatic N) is 1. The van der Waals surface area contributed by atoms with E-state index in [1.54, 1.807) is 0 Å². The standard InChI is InChI=1S/C6H4Cl3NO2S/c7-4-1-5(8)6(10-2-4)3-13(9,11)12/h1-2H,3H2. The van der Waals surface area contributed by atoms with Gasteiger partial charge in [-0.05, 0) is 6.07 Å². The quantitative estimate of drug-likeness (QED) is 0.768. The first-order chi connectivity index (χ1) is 5.88. The third kappa shape index (κ3) is 3.68. The van der Waals surface area contributed by atoms with Gasteiger partial charge in [-0.25, -0.2) is 8.42 Å². The Morgan fingerprint density at radius 1 is 1.38 bits per heavy atom. The van der Waals surface area contributed by atoms with Gasteiger partial charge in [-0.1, -0.05) is 23.2 Å². The van der Waals surface area contributed by atoms with Crippen molar-refractivity contribution in [2.75, 3.05) is 0 Å². The molecule has 0 saturated heterocycles. The summed E-state index contributed by atoms with van der Waals surface area (Å²) in [4.78, 5) is 3.74. The predicted octanol–water partition coefficient (Wildman–Crippen LogP) is 2.46. The van der Waals surface area contributed by atoms with Gasteiger partial charge in [0.1, 0.15) is 5.75 Å². The average Bonchev–Trinajstić information content (AvgIpc) is 1.93. The molecule has 1 heterocycles. The second-order valence-electron chi connectivity index (χ2n) is 2.27. The Bertz CT molecular complexity index is 418. The molecule has 0 amide bonds. The minimum absolute atomic E-state index is 0.191. The fourth-order valence-electron chi connectivity index (χ4n) is 0.712. The molecule has 1 aromatic heterocycles. The van der Waals surface area contributed by atoms with Crippen molar-refractivity contribution in [3.8, 4) is 0 Å². The first kappa shape index (κ1) is 11.0. The van der Waals surface area contributed by atoms with Gasteiger partial charge in [-0.2, -0.15) is 0 Å². The highest BCUT2D eigenvalue weighted by atomic mass is 35.7. The van der Waals surface area contributed by atoms with E-state index in [1.807, 2.05) is 0 Å². The second-order valence-corrected chi connectivity index (χ2v) is 5.89. The third-order valence-corrected chi connectivity index (χ3v) is 2.67. The number of hydrogen-bond donors (Lipinski definition) is 0. The van der Waals surface area contributed by atoms with Crippen LogP contribution in [0.1, 0.15) is 5.69 Å². The summed E-state index contributed by atoms with van der Waals surface area (Å²) in [6.07, 6.45) is 1.31. The van der Waals surface area contributed by atoms with Crippen molar-refractivity contribution in [3.63, 3.8) is 0 Å². The van der Waals surface area contributed by atoms with Crippen molar-refractivity contribution in [2.24, 2.45) is 0 Å². The fourth-order valence-corrected chi connectivity index (χ4v) is 2.11. The van der Waals surface area contributed by atoms with E-state index in [0.717, 1.165) is 0 Å². The maximum absolute atomic E-state index is 10.7. The van der Waals surface area contributed by atoms with Crippen LogP contribution in [-0.2, 0) is 14.8 Å². The van der Waals surface area contributed by atoms with Crippen LogP contribution in [0.4, 0.5) is 0 Å². The number of aromatic nitrogens is 1. The summed E-state index contributed by atoms with van der Waals surface area (Å²) >= 11 is 11.2. The monoisotopic (exact) mass is 259 g/mol. The van der Waals surface area contributed by atoms with Gasteiger partial charge in [0.15, 0.2) is 0 Å². The molecule has 7 heteroatoms. The van der Waals surface area contributed by atoms with E-state index < -0.39 is 14.8 Å². The lowest BCUT2D eigenvalue weighted by molar-refractivity contribution is 0.608. The average molecular weight is 261 g/mol. The molecule has 1 rings (SSSR count). The van der Waals surface area contributed by atoms with Crippen molar-refractivity contribution in [3.05, 3.63) is 28.0 Å². The highest BCUT2D eigenvalue weighted by molar-refractivity contribution is 8.13. The van der Waals surface area contributed by atoms with Crippen molar-refractivity contribution in [1.82, 2.24) is 4.98 Å². The van der Waals surface area contributed by atoms with Gasteiger partial charge in [0.2, 0.25) is 9.05 Å². The molecule has 3 nitrogen and oxygen atoms in total. The van der Waals surface area contributed by atoms with Gasteiger partial charge >= 0.3 is 0 Å². The largest absolute Gasteiger partial charge is 0.257 e. The number of rotatable bonds is 2. The normalized spacial score (nSPS) is 11.6. The molecule has 0 aliphatic heterocycles. The van der Waals surface area contributed by atoms with Crippen LogP contribution in [0.15, 0.2) is 12.3 Å². The van der Waals surface area contributed by atoms with E-state index in [2.05, 4.69) is 4.98 Å². The minimum atomic E-state index is -3.63. The van der Waals surface area contributed by atoms with E-state index >= 15 is 0 Å². The van der Waals surface area contributed by atoms with Gasteiger partial charge < -0.3 is 0 Å². The molecule has 0 bridgehead atoms. The molecular formula is C6H4Cl3NO2S. The van der Waals surface area contributed by atoms with Crippen LogP contribution < -0.4 is 0 Å². The first-order valence-electron chi connectivity index (χ1n) is 3.11. The topological polar surface area (TPSA) is 47.0 Å². The van der Waals surface area contributed by atoms with Gasteiger partial charge in [0.25, 0.3) is 0 Å².